The molecule has 0 aromatic heterocycles. The summed E-state index contributed by atoms with van der Waals surface area (Å²) in [5.74, 6) is 0. The maximum atomic E-state index is 5.95. The molecular weight excluding hydrogens is 198 g/mol. The van der Waals surface area contributed by atoms with E-state index in [2.05, 4.69) is 35.2 Å². The van der Waals surface area contributed by atoms with E-state index < -0.39 is 0 Å². The fraction of sp³-hybridized carbons (Fsp3) is 0.571. The fourth-order valence-corrected chi connectivity index (χ4v) is 2.87. The minimum atomic E-state index is 0.496. The van der Waals surface area contributed by atoms with Gasteiger partial charge in [0.25, 0.3) is 0 Å². The molecule has 0 amide bonds. The van der Waals surface area contributed by atoms with Crippen molar-refractivity contribution in [1.82, 2.24) is 4.90 Å². The summed E-state index contributed by atoms with van der Waals surface area (Å²) in [7, 11) is 0. The molecular formula is C14H19NO. The summed E-state index contributed by atoms with van der Waals surface area (Å²) in [6.07, 6.45) is 4.85. The van der Waals surface area contributed by atoms with Gasteiger partial charge in [0, 0.05) is 19.6 Å². The van der Waals surface area contributed by atoms with E-state index in [0.717, 1.165) is 19.6 Å². The molecule has 2 heterocycles. The summed E-state index contributed by atoms with van der Waals surface area (Å²) in [5.41, 5.74) is 1.42. The van der Waals surface area contributed by atoms with E-state index in [9.17, 15) is 0 Å². The molecule has 2 heteroatoms. The van der Waals surface area contributed by atoms with Crippen molar-refractivity contribution in [2.45, 2.75) is 38.0 Å². The van der Waals surface area contributed by atoms with Crippen LogP contribution in [0.15, 0.2) is 30.3 Å². The Morgan fingerprint density at radius 3 is 2.44 bits per heavy atom. The summed E-state index contributed by atoms with van der Waals surface area (Å²) in [4.78, 5) is 2.55. The third kappa shape index (κ3) is 2.28. The lowest BCUT2D eigenvalue weighted by Crippen LogP contribution is -2.49. The third-order valence-corrected chi connectivity index (χ3v) is 3.61. The first kappa shape index (κ1) is 10.3. The van der Waals surface area contributed by atoms with Gasteiger partial charge in [0.1, 0.15) is 0 Å². The third-order valence-electron chi connectivity index (χ3n) is 3.61. The lowest BCUT2D eigenvalue weighted by atomic mass is 9.99. The van der Waals surface area contributed by atoms with E-state index in [1.54, 1.807) is 0 Å². The minimum absolute atomic E-state index is 0.496. The lowest BCUT2D eigenvalue weighted by molar-refractivity contribution is -0.115. The fourth-order valence-electron chi connectivity index (χ4n) is 2.87. The van der Waals surface area contributed by atoms with Crippen molar-refractivity contribution in [1.29, 1.82) is 0 Å². The van der Waals surface area contributed by atoms with Crippen LogP contribution in [0.4, 0.5) is 0 Å². The number of ether oxygens (including phenoxy) is 1. The van der Waals surface area contributed by atoms with Gasteiger partial charge in [-0.3, -0.25) is 4.90 Å². The van der Waals surface area contributed by atoms with Crippen LogP contribution in [0.1, 0.15) is 24.8 Å². The van der Waals surface area contributed by atoms with Crippen molar-refractivity contribution in [2.75, 3.05) is 13.1 Å². The highest BCUT2D eigenvalue weighted by Gasteiger charge is 2.30. The van der Waals surface area contributed by atoms with Crippen LogP contribution in [0.5, 0.6) is 0 Å². The van der Waals surface area contributed by atoms with Crippen molar-refractivity contribution in [2.24, 2.45) is 0 Å². The molecule has 2 unspecified atom stereocenters. The first-order chi connectivity index (χ1) is 7.90. The van der Waals surface area contributed by atoms with Gasteiger partial charge in [-0.05, 0) is 24.8 Å². The zero-order chi connectivity index (χ0) is 10.8. The summed E-state index contributed by atoms with van der Waals surface area (Å²) in [5, 5.41) is 0. The summed E-state index contributed by atoms with van der Waals surface area (Å²) < 4.78 is 5.95. The topological polar surface area (TPSA) is 12.5 Å². The predicted molar refractivity (Wildman–Crippen MR) is 64.2 cm³/mol. The Balaban J connectivity index is 1.63. The highest BCUT2D eigenvalue weighted by Crippen LogP contribution is 2.25. The Labute approximate surface area is 97.2 Å². The van der Waals surface area contributed by atoms with Crippen LogP contribution in [0.2, 0.25) is 0 Å². The maximum absolute atomic E-state index is 5.95. The van der Waals surface area contributed by atoms with E-state index in [1.807, 2.05) is 0 Å². The van der Waals surface area contributed by atoms with Gasteiger partial charge >= 0.3 is 0 Å². The number of morpholine rings is 1. The van der Waals surface area contributed by atoms with Gasteiger partial charge in [-0.25, -0.2) is 0 Å². The molecule has 1 aromatic rings. The Hall–Kier alpha value is -0.860. The maximum Gasteiger partial charge on any atom is 0.0706 e. The molecule has 86 valence electrons. The van der Waals surface area contributed by atoms with Crippen LogP contribution >= 0.6 is 0 Å². The molecule has 0 aliphatic carbocycles. The first-order valence-electron chi connectivity index (χ1n) is 6.32. The number of benzene rings is 1. The van der Waals surface area contributed by atoms with Crippen molar-refractivity contribution < 1.29 is 4.74 Å². The zero-order valence-electron chi connectivity index (χ0n) is 9.64. The molecule has 0 radical (unpaired) electrons. The molecule has 2 fully saturated rings. The van der Waals surface area contributed by atoms with Crippen LogP contribution < -0.4 is 0 Å². The van der Waals surface area contributed by atoms with Crippen LogP contribution in [0.25, 0.3) is 0 Å². The van der Waals surface area contributed by atoms with E-state index in [-0.39, 0.29) is 0 Å². The van der Waals surface area contributed by atoms with Crippen molar-refractivity contribution >= 4 is 0 Å². The van der Waals surface area contributed by atoms with Crippen molar-refractivity contribution in [3.63, 3.8) is 0 Å². The smallest absolute Gasteiger partial charge is 0.0706 e. The molecule has 16 heavy (non-hydrogen) atoms. The standard InChI is InChI=1S/C14H19NO/c1-2-5-12(6-3-1)9-15-10-13-7-4-8-14(11-15)16-13/h1-3,5-6,13-14H,4,7-11H2. The monoisotopic (exact) mass is 217 g/mol. The molecule has 2 aliphatic rings. The number of hydrogen-bond donors (Lipinski definition) is 0. The minimum Gasteiger partial charge on any atom is -0.372 e. The Kier molecular flexibility index (Phi) is 2.94. The van der Waals surface area contributed by atoms with Crippen LogP contribution in [-0.4, -0.2) is 30.2 Å². The second-order valence-electron chi connectivity index (χ2n) is 4.99. The van der Waals surface area contributed by atoms with E-state index in [0.29, 0.717) is 12.2 Å². The largest absolute Gasteiger partial charge is 0.372 e. The van der Waals surface area contributed by atoms with Crippen LogP contribution in [-0.2, 0) is 11.3 Å². The lowest BCUT2D eigenvalue weighted by Gasteiger charge is -2.41. The van der Waals surface area contributed by atoms with Gasteiger partial charge in [0.2, 0.25) is 0 Å². The second-order valence-corrected chi connectivity index (χ2v) is 4.99. The Bertz CT molecular complexity index is 326. The van der Waals surface area contributed by atoms with E-state index in [1.165, 1.54) is 24.8 Å². The number of fused-ring (bicyclic) bond motifs is 2. The van der Waals surface area contributed by atoms with Crippen LogP contribution in [0.3, 0.4) is 0 Å². The van der Waals surface area contributed by atoms with Gasteiger partial charge in [-0.15, -0.1) is 0 Å². The predicted octanol–water partition coefficient (Wildman–Crippen LogP) is 2.44. The zero-order valence-corrected chi connectivity index (χ0v) is 9.64. The van der Waals surface area contributed by atoms with Gasteiger partial charge in [0.05, 0.1) is 12.2 Å². The highest BCUT2D eigenvalue weighted by molar-refractivity contribution is 5.14. The average Bonchev–Trinajstić information content (AvgIpc) is 2.30. The molecule has 1 aromatic carbocycles. The van der Waals surface area contributed by atoms with Gasteiger partial charge in [0.15, 0.2) is 0 Å². The number of likely N-dealkylation sites (tertiary alicyclic amines) is 1. The molecule has 0 spiro atoms. The number of nitrogens with zero attached hydrogens (tertiary/aromatic N) is 1. The van der Waals surface area contributed by atoms with Crippen molar-refractivity contribution in [3.05, 3.63) is 35.9 Å². The molecule has 2 saturated heterocycles. The average molecular weight is 217 g/mol. The SMILES string of the molecule is c1ccc(CN2CC3CCCC(C2)O3)cc1. The van der Waals surface area contributed by atoms with Crippen LogP contribution in [0, 0.1) is 0 Å². The van der Waals surface area contributed by atoms with E-state index >= 15 is 0 Å². The molecule has 2 nitrogen and oxygen atoms in total. The molecule has 2 aliphatic heterocycles. The highest BCUT2D eigenvalue weighted by atomic mass is 16.5. The number of rotatable bonds is 2. The van der Waals surface area contributed by atoms with Gasteiger partial charge < -0.3 is 4.74 Å². The summed E-state index contributed by atoms with van der Waals surface area (Å²) in [6.45, 7) is 3.31. The molecule has 2 atom stereocenters. The van der Waals surface area contributed by atoms with Gasteiger partial charge in [-0.1, -0.05) is 30.3 Å². The molecule has 3 rings (SSSR count). The molecule has 2 bridgehead atoms. The van der Waals surface area contributed by atoms with Crippen molar-refractivity contribution in [3.8, 4) is 0 Å². The van der Waals surface area contributed by atoms with E-state index in [4.69, 9.17) is 4.74 Å². The number of hydrogen-bond acceptors (Lipinski definition) is 2. The molecule has 0 N–H and O–H groups in total. The molecule has 0 saturated carbocycles. The Morgan fingerprint density at radius 1 is 1.06 bits per heavy atom. The van der Waals surface area contributed by atoms with Gasteiger partial charge in [-0.2, -0.15) is 0 Å². The summed E-state index contributed by atoms with van der Waals surface area (Å²) in [6, 6.07) is 10.8. The summed E-state index contributed by atoms with van der Waals surface area (Å²) >= 11 is 0. The second kappa shape index (κ2) is 4.56. The first-order valence-corrected chi connectivity index (χ1v) is 6.32. The Morgan fingerprint density at radius 2 is 1.75 bits per heavy atom. The quantitative estimate of drug-likeness (QED) is 0.754. The normalized spacial score (nSPS) is 30.2.